The molecule has 6 heterocycles. The molecule has 0 aliphatic carbocycles. The number of hydrogen-bond acceptors (Lipinski definition) is 8. The summed E-state index contributed by atoms with van der Waals surface area (Å²) in [5.74, 6) is 1.43. The first-order valence-corrected chi connectivity index (χ1v) is 20.3. The zero-order chi connectivity index (χ0) is 38.8. The van der Waals surface area contributed by atoms with Gasteiger partial charge >= 0.3 is 12.1 Å². The van der Waals surface area contributed by atoms with Gasteiger partial charge in [0, 0.05) is 88.1 Å². The Bertz CT molecular complexity index is 2120. The van der Waals surface area contributed by atoms with E-state index in [2.05, 4.69) is 61.2 Å². The van der Waals surface area contributed by atoms with Crippen LogP contribution < -0.4 is 25.3 Å². The largest absolute Gasteiger partial charge is 0.365 e. The molecule has 1 atom stereocenters. The highest BCUT2D eigenvalue weighted by molar-refractivity contribution is 6.32. The minimum atomic E-state index is -0.347. The Morgan fingerprint density at radius 3 is 2.52 bits per heavy atom. The molecule has 8 rings (SSSR count). The van der Waals surface area contributed by atoms with Gasteiger partial charge in [0.15, 0.2) is 0 Å². The molecule has 1 unspecified atom stereocenters. The predicted molar refractivity (Wildman–Crippen MR) is 220 cm³/mol. The summed E-state index contributed by atoms with van der Waals surface area (Å²) in [5, 5.41) is 16.2. The minimum Gasteiger partial charge on any atom is -0.365 e. The van der Waals surface area contributed by atoms with Gasteiger partial charge in [0.05, 0.1) is 33.7 Å². The highest BCUT2D eigenvalue weighted by Gasteiger charge is 2.30. The van der Waals surface area contributed by atoms with Gasteiger partial charge in [0.2, 0.25) is 5.91 Å². The smallest absolute Gasteiger partial charge is 0.328 e. The summed E-state index contributed by atoms with van der Waals surface area (Å²) < 4.78 is 2.38. The number of benzene rings is 2. The molecule has 0 spiro atoms. The van der Waals surface area contributed by atoms with E-state index in [1.54, 1.807) is 17.2 Å². The van der Waals surface area contributed by atoms with E-state index in [1.807, 2.05) is 41.3 Å². The van der Waals surface area contributed by atoms with Crippen LogP contribution in [-0.2, 0) is 4.79 Å². The molecule has 2 N–H and O–H groups in total. The van der Waals surface area contributed by atoms with Crippen molar-refractivity contribution in [3.05, 3.63) is 77.6 Å². The zero-order valence-corrected chi connectivity index (χ0v) is 32.6. The quantitative estimate of drug-likeness (QED) is 0.202. The van der Waals surface area contributed by atoms with Gasteiger partial charge in [-0.2, -0.15) is 5.26 Å². The van der Waals surface area contributed by atoms with E-state index < -0.39 is 0 Å². The first kappa shape index (κ1) is 37.6. The number of aromatic nitrogens is 2. The van der Waals surface area contributed by atoms with E-state index in [9.17, 15) is 19.6 Å². The van der Waals surface area contributed by atoms with Crippen molar-refractivity contribution in [3.8, 4) is 6.07 Å². The van der Waals surface area contributed by atoms with Gasteiger partial charge in [-0.1, -0.05) is 17.7 Å². The lowest BCUT2D eigenvalue weighted by Crippen LogP contribution is -2.54. The number of piperidine rings is 2. The Labute approximate surface area is 332 Å². The highest BCUT2D eigenvalue weighted by atomic mass is 35.5. The fourth-order valence-electron chi connectivity index (χ4n) is 8.91. The second-order valence-corrected chi connectivity index (χ2v) is 16.0. The summed E-state index contributed by atoms with van der Waals surface area (Å²) in [5.41, 5.74) is 4.09. The summed E-state index contributed by atoms with van der Waals surface area (Å²) in [6, 6.07) is 19.8. The number of hydrogen-bond donors (Lipinski definition) is 2. The molecule has 0 bridgehead atoms. The molecular weight excluding hydrogens is 728 g/mol. The molecule has 2 aromatic heterocycles. The Hall–Kier alpha value is -5.32. The van der Waals surface area contributed by atoms with E-state index >= 15 is 0 Å². The number of nitriles is 1. The molecule has 5 amide bonds. The normalized spacial score (nSPS) is 20.3. The van der Waals surface area contributed by atoms with Crippen molar-refractivity contribution in [2.45, 2.75) is 57.5 Å². The molecule has 0 saturated carbocycles. The van der Waals surface area contributed by atoms with Crippen LogP contribution in [-0.4, -0.2) is 102 Å². The Kier molecular flexibility index (Phi) is 11.0. The van der Waals surface area contributed by atoms with Crippen LogP contribution in [0, 0.1) is 17.2 Å². The lowest BCUT2D eigenvalue weighted by atomic mass is 9.93. The monoisotopic (exact) mass is 776 g/mol. The molecule has 4 fully saturated rings. The number of urea groups is 2. The number of fused-ring (bicyclic) bond motifs is 1. The Balaban J connectivity index is 0.758. The first-order valence-electron chi connectivity index (χ1n) is 19.9. The lowest BCUT2D eigenvalue weighted by molar-refractivity contribution is -0.120. The Morgan fingerprint density at radius 2 is 1.80 bits per heavy atom. The number of piperazine rings is 1. The molecule has 4 aliphatic heterocycles. The van der Waals surface area contributed by atoms with Crippen molar-refractivity contribution >= 4 is 63.4 Å². The fraction of sp³-hybridized carbons (Fsp3) is 0.452. The molecule has 2 aromatic carbocycles. The van der Waals surface area contributed by atoms with Crippen LogP contribution in [0.15, 0.2) is 67.0 Å². The number of carbonyl (C=O) groups is 3. The number of amides is 5. The number of anilines is 4. The topological polar surface area (TPSA) is 133 Å². The van der Waals surface area contributed by atoms with Crippen LogP contribution >= 0.6 is 11.6 Å². The van der Waals surface area contributed by atoms with Gasteiger partial charge in [0.1, 0.15) is 11.9 Å². The fourth-order valence-corrected chi connectivity index (χ4v) is 9.12. The maximum atomic E-state index is 13.2. The van der Waals surface area contributed by atoms with Crippen LogP contribution in [0.5, 0.6) is 0 Å². The molecule has 4 aliphatic rings. The van der Waals surface area contributed by atoms with Gasteiger partial charge in [-0.3, -0.25) is 15.0 Å². The van der Waals surface area contributed by atoms with Crippen molar-refractivity contribution < 1.29 is 14.4 Å². The van der Waals surface area contributed by atoms with Crippen molar-refractivity contribution in [1.82, 2.24) is 24.7 Å². The zero-order valence-electron chi connectivity index (χ0n) is 31.9. The van der Waals surface area contributed by atoms with Crippen LogP contribution in [0.1, 0.15) is 57.1 Å². The van der Waals surface area contributed by atoms with Crippen molar-refractivity contribution in [1.29, 1.82) is 5.26 Å². The van der Waals surface area contributed by atoms with Crippen LogP contribution in [0.3, 0.4) is 0 Å². The molecular formula is C42H49ClN10O3. The van der Waals surface area contributed by atoms with Gasteiger partial charge in [0.25, 0.3) is 0 Å². The summed E-state index contributed by atoms with van der Waals surface area (Å²) >= 11 is 6.28. The number of nitrogens with one attached hydrogen (secondary N) is 2. The van der Waals surface area contributed by atoms with E-state index in [0.29, 0.717) is 60.8 Å². The van der Waals surface area contributed by atoms with E-state index in [-0.39, 0.29) is 24.0 Å². The molecule has 4 saturated heterocycles. The first-order chi connectivity index (χ1) is 27.2. The van der Waals surface area contributed by atoms with Crippen LogP contribution in [0.2, 0.25) is 5.02 Å². The number of carbonyl (C=O) groups excluding carboxylic acids is 3. The van der Waals surface area contributed by atoms with Gasteiger partial charge < -0.3 is 29.5 Å². The standard InChI is InChI=1S/C42H49ClN10O3/c1-29-28-50(23-24-51(29)34-7-5-31(26-44)36(43)25-34)41(55)46-32-6-8-39(45-27-32)49-19-10-30(11-20-49)9-16-48-17-12-33(13-18-48)52-21-14-35-37(52)3-2-4-38(35)53-22-15-40(54)47-42(53)56/h2-8,14,21,25,27,29-30,33H,9-13,15-20,22-24,28H2,1H3,(H,46,55)(H,47,54,56). The second kappa shape index (κ2) is 16.4. The van der Waals surface area contributed by atoms with Gasteiger partial charge in [-0.05, 0) is 100 Å². The third kappa shape index (κ3) is 7.99. The van der Waals surface area contributed by atoms with Crippen LogP contribution in [0.25, 0.3) is 10.9 Å². The third-order valence-electron chi connectivity index (χ3n) is 12.1. The van der Waals surface area contributed by atoms with Crippen LogP contribution in [0.4, 0.5) is 32.5 Å². The predicted octanol–water partition coefficient (Wildman–Crippen LogP) is 6.69. The molecule has 292 valence electrons. The number of pyridine rings is 1. The summed E-state index contributed by atoms with van der Waals surface area (Å²) in [6.07, 6.45) is 9.93. The van der Waals surface area contributed by atoms with Crippen molar-refractivity contribution in [2.75, 3.05) is 78.9 Å². The molecule has 4 aromatic rings. The summed E-state index contributed by atoms with van der Waals surface area (Å²) in [4.78, 5) is 52.8. The van der Waals surface area contributed by atoms with Crippen molar-refractivity contribution in [2.24, 2.45) is 5.92 Å². The second-order valence-electron chi connectivity index (χ2n) is 15.6. The molecule has 0 radical (unpaired) electrons. The molecule has 13 nitrogen and oxygen atoms in total. The van der Waals surface area contributed by atoms with E-state index in [0.717, 1.165) is 86.5 Å². The Morgan fingerprint density at radius 1 is 0.982 bits per heavy atom. The lowest BCUT2D eigenvalue weighted by Gasteiger charge is -2.41. The molecule has 14 heteroatoms. The highest BCUT2D eigenvalue weighted by Crippen LogP contribution is 2.34. The number of halogens is 1. The maximum absolute atomic E-state index is 13.2. The molecule has 56 heavy (non-hydrogen) atoms. The average molecular weight is 777 g/mol. The third-order valence-corrected chi connectivity index (χ3v) is 12.5. The van der Waals surface area contributed by atoms with Crippen molar-refractivity contribution in [3.63, 3.8) is 0 Å². The summed E-state index contributed by atoms with van der Waals surface area (Å²) in [7, 11) is 0. The SMILES string of the molecule is CC1CN(C(=O)Nc2ccc(N3CCC(CCN4CCC(n5ccc6c(N7CCC(=O)NC7=O)cccc65)CC4)CC3)nc2)CCN1c1ccc(C#N)c(Cl)c1. The van der Waals surface area contributed by atoms with E-state index in [4.69, 9.17) is 16.6 Å². The maximum Gasteiger partial charge on any atom is 0.328 e. The minimum absolute atomic E-state index is 0.0921. The number of rotatable bonds is 8. The van der Waals surface area contributed by atoms with E-state index in [1.165, 1.54) is 6.42 Å². The van der Waals surface area contributed by atoms with Gasteiger partial charge in [-0.15, -0.1) is 0 Å². The van der Waals surface area contributed by atoms with Gasteiger partial charge in [-0.25, -0.2) is 14.6 Å². The average Bonchev–Trinajstić information content (AvgIpc) is 3.65. The number of likely N-dealkylation sites (tertiary alicyclic amines) is 1. The number of imide groups is 1. The summed E-state index contributed by atoms with van der Waals surface area (Å²) in [6.45, 7) is 9.56. The number of nitrogens with zero attached hydrogens (tertiary/aromatic N) is 8.